The minimum atomic E-state index is 0.210. The van der Waals surface area contributed by atoms with Crippen LogP contribution >= 0.6 is 22.7 Å². The summed E-state index contributed by atoms with van der Waals surface area (Å²) in [6.07, 6.45) is 4.22. The van der Waals surface area contributed by atoms with Crippen LogP contribution in [0.3, 0.4) is 0 Å². The predicted octanol–water partition coefficient (Wildman–Crippen LogP) is 2.83. The molecule has 1 aliphatic rings. The lowest BCUT2D eigenvalue weighted by atomic mass is 9.99. The highest BCUT2D eigenvalue weighted by molar-refractivity contribution is 7.12. The summed E-state index contributed by atoms with van der Waals surface area (Å²) in [5, 5.41) is 4.41. The van der Waals surface area contributed by atoms with Crippen LogP contribution in [0.25, 0.3) is 0 Å². The highest BCUT2D eigenvalue weighted by Gasteiger charge is 2.21. The predicted molar refractivity (Wildman–Crippen MR) is 71.6 cm³/mol. The third kappa shape index (κ3) is 2.27. The van der Waals surface area contributed by atoms with Gasteiger partial charge in [-0.15, -0.1) is 22.7 Å². The van der Waals surface area contributed by atoms with Crippen LogP contribution in [0.1, 0.15) is 45.2 Å². The number of fused-ring (bicyclic) bond motifs is 1. The van der Waals surface area contributed by atoms with Crippen molar-refractivity contribution in [3.05, 3.63) is 31.7 Å². The summed E-state index contributed by atoms with van der Waals surface area (Å²) >= 11 is 3.48. The van der Waals surface area contributed by atoms with Gasteiger partial charge in [-0.3, -0.25) is 0 Å². The molecule has 3 nitrogen and oxygen atoms in total. The van der Waals surface area contributed by atoms with E-state index in [-0.39, 0.29) is 6.04 Å². The summed E-state index contributed by atoms with van der Waals surface area (Å²) in [7, 11) is 0. The van der Waals surface area contributed by atoms with Gasteiger partial charge in [0.25, 0.3) is 0 Å². The first kappa shape index (κ1) is 11.3. The number of nitrogens with zero attached hydrogens (tertiary/aromatic N) is 2. The van der Waals surface area contributed by atoms with Crippen LogP contribution in [0.5, 0.6) is 0 Å². The lowest BCUT2D eigenvalue weighted by Crippen LogP contribution is -2.15. The average Bonchev–Trinajstić information content (AvgIpc) is 2.86. The minimum absolute atomic E-state index is 0.210. The van der Waals surface area contributed by atoms with Crippen molar-refractivity contribution in [1.82, 2.24) is 9.97 Å². The van der Waals surface area contributed by atoms with Crippen LogP contribution in [0.15, 0.2) is 5.38 Å². The summed E-state index contributed by atoms with van der Waals surface area (Å²) < 4.78 is 0. The van der Waals surface area contributed by atoms with E-state index in [1.807, 2.05) is 6.92 Å². The molecule has 90 valence electrons. The minimum Gasteiger partial charge on any atom is -0.323 e. The summed E-state index contributed by atoms with van der Waals surface area (Å²) in [5.41, 5.74) is 8.48. The summed E-state index contributed by atoms with van der Waals surface area (Å²) in [4.78, 5) is 10.5. The van der Waals surface area contributed by atoms with Gasteiger partial charge >= 0.3 is 0 Å². The van der Waals surface area contributed by atoms with Gasteiger partial charge in [0.2, 0.25) is 0 Å². The highest BCUT2D eigenvalue weighted by atomic mass is 32.1. The second-order valence-electron chi connectivity index (χ2n) is 4.45. The fraction of sp³-hybridized carbons (Fsp3) is 0.500. The Balaban J connectivity index is 1.85. The Hall–Kier alpha value is -0.780. The van der Waals surface area contributed by atoms with Crippen molar-refractivity contribution in [3.63, 3.8) is 0 Å². The maximum Gasteiger partial charge on any atom is 0.0991 e. The molecule has 0 saturated heterocycles. The number of hydrogen-bond acceptors (Lipinski definition) is 5. The Morgan fingerprint density at radius 1 is 1.47 bits per heavy atom. The Kier molecular flexibility index (Phi) is 2.98. The van der Waals surface area contributed by atoms with Gasteiger partial charge in [-0.05, 0) is 26.2 Å². The van der Waals surface area contributed by atoms with Crippen molar-refractivity contribution in [2.75, 3.05) is 0 Å². The molecule has 1 atom stereocenters. The van der Waals surface area contributed by atoms with Crippen molar-refractivity contribution in [2.45, 2.75) is 38.6 Å². The maximum absolute atomic E-state index is 6.11. The van der Waals surface area contributed by atoms with Gasteiger partial charge in [0.1, 0.15) is 0 Å². The molecule has 3 rings (SSSR count). The molecule has 0 spiro atoms. The Labute approximate surface area is 109 Å². The quantitative estimate of drug-likeness (QED) is 0.908. The molecule has 2 heterocycles. The first-order valence-corrected chi connectivity index (χ1v) is 7.57. The van der Waals surface area contributed by atoms with Gasteiger partial charge in [-0.25, -0.2) is 9.97 Å². The van der Waals surface area contributed by atoms with E-state index in [1.165, 1.54) is 17.0 Å². The lowest BCUT2D eigenvalue weighted by molar-refractivity contribution is 0.573. The lowest BCUT2D eigenvalue weighted by Gasteiger charge is -2.15. The largest absolute Gasteiger partial charge is 0.323 e. The summed E-state index contributed by atoms with van der Waals surface area (Å²) in [6, 6.07) is 0.210. The van der Waals surface area contributed by atoms with Crippen LogP contribution in [-0.2, 0) is 12.8 Å². The molecule has 2 aromatic rings. The monoisotopic (exact) mass is 265 g/mol. The molecule has 5 heteroatoms. The van der Waals surface area contributed by atoms with E-state index in [0.29, 0.717) is 0 Å². The third-order valence-corrected chi connectivity index (χ3v) is 5.09. The molecule has 0 aliphatic heterocycles. The first-order chi connectivity index (χ1) is 8.22. The molecular weight excluding hydrogens is 250 g/mol. The third-order valence-electron chi connectivity index (χ3n) is 3.04. The number of rotatable bonds is 2. The van der Waals surface area contributed by atoms with Gasteiger partial charge in [-0.2, -0.15) is 0 Å². The van der Waals surface area contributed by atoms with Gasteiger partial charge in [0, 0.05) is 22.7 Å². The van der Waals surface area contributed by atoms with E-state index in [1.54, 1.807) is 22.7 Å². The molecule has 2 aromatic heterocycles. The van der Waals surface area contributed by atoms with E-state index >= 15 is 0 Å². The normalized spacial score (nSPS) is 19.3. The van der Waals surface area contributed by atoms with Crippen LogP contribution < -0.4 is 5.73 Å². The van der Waals surface area contributed by atoms with Gasteiger partial charge in [-0.1, -0.05) is 0 Å². The second kappa shape index (κ2) is 4.48. The highest BCUT2D eigenvalue weighted by Crippen LogP contribution is 2.33. The molecule has 0 saturated carbocycles. The molecule has 17 heavy (non-hydrogen) atoms. The topological polar surface area (TPSA) is 51.8 Å². The number of nitrogens with two attached hydrogens (primary N) is 1. The molecule has 1 unspecified atom stereocenters. The molecular formula is C12H15N3S2. The van der Waals surface area contributed by atoms with Gasteiger partial charge in [0.15, 0.2) is 0 Å². The van der Waals surface area contributed by atoms with Crippen LogP contribution in [0, 0.1) is 6.92 Å². The zero-order chi connectivity index (χ0) is 11.8. The van der Waals surface area contributed by atoms with Crippen molar-refractivity contribution in [1.29, 1.82) is 0 Å². The second-order valence-corrected chi connectivity index (χ2v) is 6.63. The smallest absolute Gasteiger partial charge is 0.0991 e. The molecule has 0 fully saturated rings. The Morgan fingerprint density at radius 3 is 3.06 bits per heavy atom. The van der Waals surface area contributed by atoms with Gasteiger partial charge in [0.05, 0.1) is 21.4 Å². The molecule has 0 aromatic carbocycles. The van der Waals surface area contributed by atoms with Crippen molar-refractivity contribution in [2.24, 2.45) is 5.73 Å². The van der Waals surface area contributed by atoms with Crippen molar-refractivity contribution in [3.8, 4) is 0 Å². The first-order valence-electron chi connectivity index (χ1n) is 5.87. The van der Waals surface area contributed by atoms with Crippen LogP contribution in [0.2, 0.25) is 0 Å². The fourth-order valence-corrected chi connectivity index (χ4v) is 4.00. The SMILES string of the molecule is Cc1nc(Cc2nc3c(s2)C(N)CCC3)cs1. The maximum atomic E-state index is 6.11. The molecule has 2 N–H and O–H groups in total. The number of aryl methyl sites for hydroxylation is 2. The van der Waals surface area contributed by atoms with E-state index in [2.05, 4.69) is 10.4 Å². The van der Waals surface area contributed by atoms with E-state index in [4.69, 9.17) is 10.7 Å². The molecule has 0 bridgehead atoms. The Morgan fingerprint density at radius 2 is 2.35 bits per heavy atom. The zero-order valence-electron chi connectivity index (χ0n) is 9.77. The van der Waals surface area contributed by atoms with E-state index < -0.39 is 0 Å². The zero-order valence-corrected chi connectivity index (χ0v) is 11.4. The number of hydrogen-bond donors (Lipinski definition) is 1. The van der Waals surface area contributed by atoms with Crippen molar-refractivity contribution < 1.29 is 0 Å². The number of thiazole rings is 2. The summed E-state index contributed by atoms with van der Waals surface area (Å²) in [5.74, 6) is 0. The van der Waals surface area contributed by atoms with Gasteiger partial charge < -0.3 is 5.73 Å². The van der Waals surface area contributed by atoms with Crippen LogP contribution in [-0.4, -0.2) is 9.97 Å². The van der Waals surface area contributed by atoms with E-state index in [9.17, 15) is 0 Å². The Bertz CT molecular complexity index is 530. The van der Waals surface area contributed by atoms with E-state index in [0.717, 1.165) is 35.0 Å². The molecule has 1 aliphatic carbocycles. The van der Waals surface area contributed by atoms with Crippen LogP contribution in [0.4, 0.5) is 0 Å². The number of aromatic nitrogens is 2. The standard InChI is InChI=1S/C12H15N3S2/c1-7-14-8(6-16-7)5-11-15-10-4-2-3-9(13)12(10)17-11/h6,9H,2-5,13H2,1H3. The fourth-order valence-electron chi connectivity index (χ4n) is 2.22. The van der Waals surface area contributed by atoms with Crippen molar-refractivity contribution >= 4 is 22.7 Å². The average molecular weight is 265 g/mol. The molecule has 0 radical (unpaired) electrons. The summed E-state index contributed by atoms with van der Waals surface area (Å²) in [6.45, 7) is 2.04. The molecule has 0 amide bonds.